The first-order valence-electron chi connectivity index (χ1n) is 10.2. The standard InChI is InChI=1S/C22H22F3N5/c1-13-11-30-12-15(8-18(23)20(30)28-13)16-2-3-19-17(16)10-27-21(29-19)26-9-14-4-6-22(24,25)7-5-14/h2,8,10-12,14H,3-7,9H2,1H3,(H,26,27,29). The zero-order chi connectivity index (χ0) is 20.9. The quantitative estimate of drug-likeness (QED) is 0.668. The largest absolute Gasteiger partial charge is 0.354 e. The fraction of sp³-hybridized carbons (Fsp3) is 0.409. The Morgan fingerprint density at radius 1 is 1.20 bits per heavy atom. The van der Waals surface area contributed by atoms with Crippen LogP contribution in [0.15, 0.2) is 30.7 Å². The van der Waals surface area contributed by atoms with E-state index in [9.17, 15) is 13.2 Å². The third kappa shape index (κ3) is 3.55. The maximum atomic E-state index is 14.5. The minimum atomic E-state index is -2.51. The van der Waals surface area contributed by atoms with Crippen LogP contribution >= 0.6 is 0 Å². The summed E-state index contributed by atoms with van der Waals surface area (Å²) in [5.41, 5.74) is 4.48. The number of aryl methyl sites for hydroxylation is 1. The minimum Gasteiger partial charge on any atom is -0.354 e. The van der Waals surface area contributed by atoms with Gasteiger partial charge in [0, 0.05) is 55.5 Å². The van der Waals surface area contributed by atoms with Crippen LogP contribution in [0.25, 0.3) is 11.2 Å². The van der Waals surface area contributed by atoms with E-state index < -0.39 is 5.92 Å². The van der Waals surface area contributed by atoms with Crippen LogP contribution in [0.1, 0.15) is 48.2 Å². The molecule has 0 unspecified atom stereocenters. The Labute approximate surface area is 172 Å². The van der Waals surface area contributed by atoms with E-state index in [-0.39, 0.29) is 24.6 Å². The van der Waals surface area contributed by atoms with Crippen LogP contribution in [-0.4, -0.2) is 31.8 Å². The Morgan fingerprint density at radius 2 is 2.00 bits per heavy atom. The molecule has 2 aliphatic rings. The summed E-state index contributed by atoms with van der Waals surface area (Å²) in [5, 5.41) is 3.20. The molecule has 5 nitrogen and oxygen atoms in total. The minimum absolute atomic E-state index is 0.0466. The van der Waals surface area contributed by atoms with Gasteiger partial charge in [-0.1, -0.05) is 6.08 Å². The molecule has 156 valence electrons. The van der Waals surface area contributed by atoms with Crippen molar-refractivity contribution in [1.29, 1.82) is 0 Å². The number of anilines is 1. The van der Waals surface area contributed by atoms with Crippen molar-refractivity contribution in [3.8, 4) is 0 Å². The number of nitrogens with zero attached hydrogens (tertiary/aromatic N) is 4. The van der Waals surface area contributed by atoms with Crippen molar-refractivity contribution < 1.29 is 13.2 Å². The Kier molecular flexibility index (Phi) is 4.52. The number of nitrogens with one attached hydrogen (secondary N) is 1. The molecule has 1 saturated carbocycles. The first-order valence-corrected chi connectivity index (χ1v) is 10.2. The number of hydrogen-bond acceptors (Lipinski definition) is 4. The second-order valence-corrected chi connectivity index (χ2v) is 8.25. The third-order valence-electron chi connectivity index (χ3n) is 5.98. The molecule has 5 rings (SSSR count). The molecule has 8 heteroatoms. The molecular weight excluding hydrogens is 391 g/mol. The number of pyridine rings is 1. The fourth-order valence-corrected chi connectivity index (χ4v) is 4.33. The lowest BCUT2D eigenvalue weighted by Gasteiger charge is -2.28. The average molecular weight is 413 g/mol. The second kappa shape index (κ2) is 7.11. The van der Waals surface area contributed by atoms with Gasteiger partial charge in [-0.25, -0.2) is 28.1 Å². The van der Waals surface area contributed by atoms with Crippen molar-refractivity contribution in [3.63, 3.8) is 0 Å². The molecule has 30 heavy (non-hydrogen) atoms. The monoisotopic (exact) mass is 413 g/mol. The number of aromatic nitrogens is 4. The van der Waals surface area contributed by atoms with Gasteiger partial charge in [0.25, 0.3) is 0 Å². The van der Waals surface area contributed by atoms with Crippen LogP contribution in [0.4, 0.5) is 19.1 Å². The van der Waals surface area contributed by atoms with E-state index in [1.165, 1.54) is 6.07 Å². The number of rotatable bonds is 4. The summed E-state index contributed by atoms with van der Waals surface area (Å²) >= 11 is 0. The Bertz CT molecular complexity index is 1140. The van der Waals surface area contributed by atoms with Gasteiger partial charge in [-0.05, 0) is 37.3 Å². The predicted octanol–water partition coefficient (Wildman–Crippen LogP) is 4.80. The van der Waals surface area contributed by atoms with Gasteiger partial charge in [-0.15, -0.1) is 0 Å². The summed E-state index contributed by atoms with van der Waals surface area (Å²) in [6, 6.07) is 1.49. The predicted molar refractivity (Wildman–Crippen MR) is 108 cm³/mol. The summed E-state index contributed by atoms with van der Waals surface area (Å²) in [5.74, 6) is -2.16. The topological polar surface area (TPSA) is 55.1 Å². The highest BCUT2D eigenvalue weighted by Gasteiger charge is 2.34. The summed E-state index contributed by atoms with van der Waals surface area (Å²) in [4.78, 5) is 13.2. The maximum Gasteiger partial charge on any atom is 0.248 e. The number of fused-ring (bicyclic) bond motifs is 2. The lowest BCUT2D eigenvalue weighted by molar-refractivity contribution is -0.0443. The van der Waals surface area contributed by atoms with Crippen molar-refractivity contribution in [1.82, 2.24) is 19.4 Å². The molecule has 1 fully saturated rings. The molecule has 3 heterocycles. The first kappa shape index (κ1) is 19.1. The van der Waals surface area contributed by atoms with Crippen molar-refractivity contribution in [2.24, 2.45) is 5.92 Å². The molecule has 1 N–H and O–H groups in total. The molecule has 0 atom stereocenters. The lowest BCUT2D eigenvalue weighted by Crippen LogP contribution is -2.28. The number of halogens is 3. The van der Waals surface area contributed by atoms with Crippen LogP contribution in [0.2, 0.25) is 0 Å². The number of imidazole rings is 1. The first-order chi connectivity index (χ1) is 14.4. The van der Waals surface area contributed by atoms with E-state index in [2.05, 4.69) is 20.3 Å². The highest BCUT2D eigenvalue weighted by atomic mass is 19.3. The zero-order valence-corrected chi connectivity index (χ0v) is 16.6. The summed E-state index contributed by atoms with van der Waals surface area (Å²) in [6.07, 6.45) is 9.00. The summed E-state index contributed by atoms with van der Waals surface area (Å²) < 4.78 is 42.8. The van der Waals surface area contributed by atoms with Crippen LogP contribution in [-0.2, 0) is 6.42 Å². The van der Waals surface area contributed by atoms with Gasteiger partial charge in [-0.2, -0.15) is 0 Å². The number of hydrogen-bond donors (Lipinski definition) is 1. The van der Waals surface area contributed by atoms with Gasteiger partial charge < -0.3 is 9.72 Å². The molecule has 0 spiro atoms. The van der Waals surface area contributed by atoms with Gasteiger partial charge in [0.2, 0.25) is 11.9 Å². The molecule has 0 aliphatic heterocycles. The van der Waals surface area contributed by atoms with Gasteiger partial charge in [0.1, 0.15) is 0 Å². The third-order valence-corrected chi connectivity index (χ3v) is 5.98. The van der Waals surface area contributed by atoms with Crippen molar-refractivity contribution >= 4 is 17.2 Å². The van der Waals surface area contributed by atoms with E-state index in [4.69, 9.17) is 0 Å². The Morgan fingerprint density at radius 3 is 2.80 bits per heavy atom. The number of alkyl halides is 2. The molecule has 2 aliphatic carbocycles. The summed E-state index contributed by atoms with van der Waals surface area (Å²) in [7, 11) is 0. The van der Waals surface area contributed by atoms with Crippen LogP contribution in [0, 0.1) is 18.7 Å². The SMILES string of the molecule is Cc1cn2cc(C3=CCc4nc(NCC5CCC(F)(F)CC5)ncc43)cc(F)c2n1. The van der Waals surface area contributed by atoms with E-state index >= 15 is 0 Å². The molecule has 0 saturated heterocycles. The van der Waals surface area contributed by atoms with Crippen LogP contribution in [0.5, 0.6) is 0 Å². The lowest BCUT2D eigenvalue weighted by atomic mass is 9.87. The molecule has 0 amide bonds. The second-order valence-electron chi connectivity index (χ2n) is 8.25. The van der Waals surface area contributed by atoms with Gasteiger partial charge >= 0.3 is 0 Å². The molecule has 0 radical (unpaired) electrons. The summed E-state index contributed by atoms with van der Waals surface area (Å²) in [6.45, 7) is 2.43. The van der Waals surface area contributed by atoms with Crippen LogP contribution in [0.3, 0.4) is 0 Å². The van der Waals surface area contributed by atoms with Gasteiger partial charge in [0.15, 0.2) is 11.5 Å². The molecule has 0 aromatic carbocycles. The zero-order valence-electron chi connectivity index (χ0n) is 16.6. The highest BCUT2D eigenvalue weighted by Crippen LogP contribution is 2.36. The van der Waals surface area contributed by atoms with Gasteiger partial charge in [0.05, 0.1) is 11.4 Å². The van der Waals surface area contributed by atoms with E-state index in [0.717, 1.165) is 28.1 Å². The van der Waals surface area contributed by atoms with E-state index in [1.54, 1.807) is 16.8 Å². The van der Waals surface area contributed by atoms with E-state index in [0.29, 0.717) is 37.4 Å². The highest BCUT2D eigenvalue weighted by molar-refractivity contribution is 5.84. The smallest absolute Gasteiger partial charge is 0.248 e. The van der Waals surface area contributed by atoms with Crippen molar-refractivity contribution in [2.75, 3.05) is 11.9 Å². The van der Waals surface area contributed by atoms with Crippen LogP contribution < -0.4 is 5.32 Å². The van der Waals surface area contributed by atoms with E-state index in [1.807, 2.05) is 19.2 Å². The normalized spacial score (nSPS) is 18.5. The Hall–Kier alpha value is -2.90. The molecule has 3 aromatic rings. The number of allylic oxidation sites excluding steroid dienone is 1. The average Bonchev–Trinajstić information content (AvgIpc) is 3.29. The van der Waals surface area contributed by atoms with Crippen molar-refractivity contribution in [2.45, 2.75) is 45.0 Å². The fourth-order valence-electron chi connectivity index (χ4n) is 4.33. The van der Waals surface area contributed by atoms with Crippen molar-refractivity contribution in [3.05, 3.63) is 59.1 Å². The maximum absolute atomic E-state index is 14.5. The Balaban J connectivity index is 1.31. The van der Waals surface area contributed by atoms with Gasteiger partial charge in [-0.3, -0.25) is 0 Å². The molecular formula is C22H22F3N5. The molecule has 0 bridgehead atoms. The molecule has 3 aromatic heterocycles.